The molecule has 0 aliphatic heterocycles. The van der Waals surface area contributed by atoms with Crippen molar-refractivity contribution in [3.05, 3.63) is 36.3 Å². The summed E-state index contributed by atoms with van der Waals surface area (Å²) in [4.78, 5) is 23.8. The van der Waals surface area contributed by atoms with Gasteiger partial charge in [0.25, 0.3) is 0 Å². The number of carbonyl (C=O) groups is 1. The van der Waals surface area contributed by atoms with Gasteiger partial charge in [0.2, 0.25) is 0 Å². The van der Waals surface area contributed by atoms with Crippen LogP contribution in [0.3, 0.4) is 0 Å². The van der Waals surface area contributed by atoms with Crippen molar-refractivity contribution in [3.8, 4) is 0 Å². The Labute approximate surface area is 123 Å². The first kappa shape index (κ1) is 15.0. The highest BCUT2D eigenvalue weighted by Crippen LogP contribution is 2.04. The molecule has 0 spiro atoms. The largest absolute Gasteiger partial charge is 0.461 e. The molecule has 0 radical (unpaired) electrons. The number of ether oxygens (including phenoxy) is 1. The molecule has 0 aliphatic carbocycles. The zero-order valence-electron chi connectivity index (χ0n) is 12.2. The molecule has 1 N–H and O–H groups in total. The number of aryl methyl sites for hydroxylation is 1. The maximum absolute atomic E-state index is 11.5. The van der Waals surface area contributed by atoms with E-state index in [-0.39, 0.29) is 0 Å². The van der Waals surface area contributed by atoms with Crippen LogP contribution in [0.4, 0.5) is 5.82 Å². The van der Waals surface area contributed by atoms with E-state index in [1.807, 2.05) is 10.6 Å². The highest BCUT2D eigenvalue weighted by Gasteiger charge is 2.09. The molecule has 112 valence electrons. The molecule has 2 heterocycles. The second-order valence-electron chi connectivity index (χ2n) is 4.39. The fraction of sp³-hybridized carbons (Fsp3) is 0.429. The standard InChI is InChI=1S/C14H19N5O2/c1-3-11-7-13(17-9-16-11)15-5-6-19-8-12(18-10-19)14(20)21-4-2/h7-10H,3-6H2,1-2H3,(H,15,16,17). The van der Waals surface area contributed by atoms with E-state index in [2.05, 4.69) is 27.2 Å². The molecule has 0 unspecified atom stereocenters. The summed E-state index contributed by atoms with van der Waals surface area (Å²) in [6.07, 6.45) is 5.72. The first-order chi connectivity index (χ1) is 10.2. The maximum Gasteiger partial charge on any atom is 0.358 e. The Bertz CT molecular complexity index is 597. The Balaban J connectivity index is 1.84. The van der Waals surface area contributed by atoms with E-state index < -0.39 is 5.97 Å². The maximum atomic E-state index is 11.5. The third kappa shape index (κ3) is 4.27. The van der Waals surface area contributed by atoms with Gasteiger partial charge in [0.05, 0.1) is 12.9 Å². The molecule has 0 atom stereocenters. The SMILES string of the molecule is CCOC(=O)c1cn(CCNc2cc(CC)ncn2)cn1. The minimum absolute atomic E-state index is 0.326. The molecule has 2 aromatic rings. The van der Waals surface area contributed by atoms with Crippen LogP contribution in [0.25, 0.3) is 0 Å². The fourth-order valence-corrected chi connectivity index (χ4v) is 1.79. The van der Waals surface area contributed by atoms with E-state index >= 15 is 0 Å². The summed E-state index contributed by atoms with van der Waals surface area (Å²) in [5.41, 5.74) is 1.33. The lowest BCUT2D eigenvalue weighted by molar-refractivity contribution is 0.0520. The van der Waals surface area contributed by atoms with E-state index in [0.29, 0.717) is 25.4 Å². The Kier molecular flexibility index (Phi) is 5.25. The topological polar surface area (TPSA) is 81.9 Å². The van der Waals surface area contributed by atoms with E-state index in [1.165, 1.54) is 0 Å². The lowest BCUT2D eigenvalue weighted by atomic mass is 10.3. The van der Waals surface area contributed by atoms with Crippen LogP contribution in [0.5, 0.6) is 0 Å². The predicted molar refractivity (Wildman–Crippen MR) is 78.1 cm³/mol. The Morgan fingerprint density at radius 2 is 2.19 bits per heavy atom. The van der Waals surface area contributed by atoms with Gasteiger partial charge in [-0.2, -0.15) is 0 Å². The summed E-state index contributed by atoms with van der Waals surface area (Å²) in [5, 5.41) is 3.22. The van der Waals surface area contributed by atoms with Crippen LogP contribution in [0.2, 0.25) is 0 Å². The van der Waals surface area contributed by atoms with Crippen molar-refractivity contribution in [2.75, 3.05) is 18.5 Å². The lowest BCUT2D eigenvalue weighted by Crippen LogP contribution is -2.11. The Hall–Kier alpha value is -2.44. The van der Waals surface area contributed by atoms with Crippen LogP contribution in [0.1, 0.15) is 30.0 Å². The van der Waals surface area contributed by atoms with E-state index in [1.54, 1.807) is 25.8 Å². The molecule has 7 nitrogen and oxygen atoms in total. The van der Waals surface area contributed by atoms with Gasteiger partial charge in [0, 0.05) is 31.0 Å². The quantitative estimate of drug-likeness (QED) is 0.778. The van der Waals surface area contributed by atoms with Gasteiger partial charge >= 0.3 is 5.97 Å². The molecule has 2 aromatic heterocycles. The smallest absolute Gasteiger partial charge is 0.358 e. The number of esters is 1. The summed E-state index contributed by atoms with van der Waals surface area (Å²) < 4.78 is 6.73. The van der Waals surface area contributed by atoms with Crippen molar-refractivity contribution >= 4 is 11.8 Å². The molecule has 0 aliphatic rings. The lowest BCUT2D eigenvalue weighted by Gasteiger charge is -2.06. The van der Waals surface area contributed by atoms with E-state index in [4.69, 9.17) is 4.74 Å². The van der Waals surface area contributed by atoms with Gasteiger partial charge < -0.3 is 14.6 Å². The molecule has 0 bridgehead atoms. The minimum atomic E-state index is -0.396. The summed E-state index contributed by atoms with van der Waals surface area (Å²) >= 11 is 0. The highest BCUT2D eigenvalue weighted by atomic mass is 16.5. The van der Waals surface area contributed by atoms with Crippen molar-refractivity contribution in [1.29, 1.82) is 0 Å². The fourth-order valence-electron chi connectivity index (χ4n) is 1.79. The van der Waals surface area contributed by atoms with Crippen molar-refractivity contribution in [3.63, 3.8) is 0 Å². The van der Waals surface area contributed by atoms with Crippen LogP contribution in [0, 0.1) is 0 Å². The molecular weight excluding hydrogens is 270 g/mol. The van der Waals surface area contributed by atoms with Crippen LogP contribution in [-0.2, 0) is 17.7 Å². The number of carbonyl (C=O) groups excluding carboxylic acids is 1. The molecule has 21 heavy (non-hydrogen) atoms. The van der Waals surface area contributed by atoms with E-state index in [0.717, 1.165) is 17.9 Å². The van der Waals surface area contributed by atoms with Crippen molar-refractivity contribution in [2.24, 2.45) is 0 Å². The van der Waals surface area contributed by atoms with Gasteiger partial charge in [-0.15, -0.1) is 0 Å². The molecule has 0 saturated carbocycles. The summed E-state index contributed by atoms with van der Waals surface area (Å²) in [7, 11) is 0. The van der Waals surface area contributed by atoms with Crippen LogP contribution >= 0.6 is 0 Å². The highest BCUT2D eigenvalue weighted by molar-refractivity contribution is 5.86. The number of nitrogens with zero attached hydrogens (tertiary/aromatic N) is 4. The summed E-state index contributed by atoms with van der Waals surface area (Å²) in [6.45, 7) is 5.52. The van der Waals surface area contributed by atoms with Crippen molar-refractivity contribution < 1.29 is 9.53 Å². The summed E-state index contributed by atoms with van der Waals surface area (Å²) in [6, 6.07) is 1.93. The molecular formula is C14H19N5O2. The summed E-state index contributed by atoms with van der Waals surface area (Å²) in [5.74, 6) is 0.403. The predicted octanol–water partition coefficient (Wildman–Crippen LogP) is 1.52. The average molecular weight is 289 g/mol. The van der Waals surface area contributed by atoms with Crippen molar-refractivity contribution in [2.45, 2.75) is 26.8 Å². The molecule has 7 heteroatoms. The normalized spacial score (nSPS) is 10.4. The number of nitrogens with one attached hydrogen (secondary N) is 1. The van der Waals surface area contributed by atoms with Crippen LogP contribution < -0.4 is 5.32 Å². The van der Waals surface area contributed by atoms with Crippen LogP contribution in [0.15, 0.2) is 24.9 Å². The Morgan fingerprint density at radius 1 is 1.33 bits per heavy atom. The average Bonchev–Trinajstić information content (AvgIpc) is 2.97. The number of anilines is 1. The second kappa shape index (κ2) is 7.37. The van der Waals surface area contributed by atoms with E-state index in [9.17, 15) is 4.79 Å². The number of hydrogen-bond donors (Lipinski definition) is 1. The number of aromatic nitrogens is 4. The second-order valence-corrected chi connectivity index (χ2v) is 4.39. The van der Waals surface area contributed by atoms with Crippen LogP contribution in [-0.4, -0.2) is 38.6 Å². The zero-order valence-corrected chi connectivity index (χ0v) is 12.2. The molecule has 0 amide bonds. The molecule has 0 aromatic carbocycles. The first-order valence-corrected chi connectivity index (χ1v) is 6.96. The van der Waals surface area contributed by atoms with Gasteiger partial charge in [-0.25, -0.2) is 19.7 Å². The molecule has 0 saturated heterocycles. The monoisotopic (exact) mass is 289 g/mol. The van der Waals surface area contributed by atoms with Gasteiger partial charge in [-0.3, -0.25) is 0 Å². The zero-order chi connectivity index (χ0) is 15.1. The van der Waals surface area contributed by atoms with Gasteiger partial charge in [-0.1, -0.05) is 6.92 Å². The van der Waals surface area contributed by atoms with Gasteiger partial charge in [0.15, 0.2) is 5.69 Å². The molecule has 2 rings (SSSR count). The molecule has 0 fully saturated rings. The van der Waals surface area contributed by atoms with Gasteiger partial charge in [0.1, 0.15) is 12.1 Å². The number of rotatable bonds is 7. The first-order valence-electron chi connectivity index (χ1n) is 6.96. The Morgan fingerprint density at radius 3 is 2.95 bits per heavy atom. The third-order valence-electron chi connectivity index (χ3n) is 2.88. The number of hydrogen-bond acceptors (Lipinski definition) is 6. The minimum Gasteiger partial charge on any atom is -0.461 e. The number of imidazole rings is 1. The van der Waals surface area contributed by atoms with Crippen molar-refractivity contribution in [1.82, 2.24) is 19.5 Å². The van der Waals surface area contributed by atoms with Gasteiger partial charge in [-0.05, 0) is 13.3 Å². The third-order valence-corrected chi connectivity index (χ3v) is 2.88.